The standard InChI is InChI=1S/C25H30N4O5S/c1-5-29-16(2)21(23(30)34-14-13-32-3)22(28-25(29)35)17-9-8-10-18(15-17)26-24(31)27-19-11-6-7-12-20(19)33-4/h6-12,15,22H,5,13-14H2,1-4H3,(H,28,35)(H2,26,27,31)/t22-/m0/s1. The minimum atomic E-state index is -0.542. The highest BCUT2D eigenvalue weighted by Gasteiger charge is 2.34. The molecular weight excluding hydrogens is 468 g/mol. The number of hydrogen-bond donors (Lipinski definition) is 3. The van der Waals surface area contributed by atoms with Crippen molar-refractivity contribution in [1.82, 2.24) is 10.2 Å². The minimum absolute atomic E-state index is 0.139. The number of allylic oxidation sites excluding steroid dienone is 1. The first kappa shape index (κ1) is 26.0. The smallest absolute Gasteiger partial charge is 0.338 e. The van der Waals surface area contributed by atoms with E-state index >= 15 is 0 Å². The lowest BCUT2D eigenvalue weighted by atomic mass is 9.94. The highest BCUT2D eigenvalue weighted by Crippen LogP contribution is 2.32. The summed E-state index contributed by atoms with van der Waals surface area (Å²) in [6, 6.07) is 13.4. The lowest BCUT2D eigenvalue weighted by Crippen LogP contribution is -2.47. The number of benzene rings is 2. The van der Waals surface area contributed by atoms with E-state index in [0.717, 1.165) is 11.3 Å². The van der Waals surface area contributed by atoms with Gasteiger partial charge in [0.2, 0.25) is 0 Å². The van der Waals surface area contributed by atoms with Crippen LogP contribution < -0.4 is 20.7 Å². The Bertz CT molecular complexity index is 1120. The number of nitrogens with zero attached hydrogens (tertiary/aromatic N) is 1. The van der Waals surface area contributed by atoms with Crippen molar-refractivity contribution in [2.75, 3.05) is 44.6 Å². The molecule has 9 nitrogen and oxygen atoms in total. The fraction of sp³-hybridized carbons (Fsp3) is 0.320. The Morgan fingerprint density at radius 3 is 2.57 bits per heavy atom. The van der Waals surface area contributed by atoms with Crippen molar-refractivity contribution in [3.63, 3.8) is 0 Å². The van der Waals surface area contributed by atoms with Crippen LogP contribution >= 0.6 is 12.2 Å². The molecule has 0 spiro atoms. The zero-order valence-electron chi connectivity index (χ0n) is 20.2. The first-order valence-electron chi connectivity index (χ1n) is 11.1. The molecule has 186 valence electrons. The molecule has 0 radical (unpaired) electrons. The summed E-state index contributed by atoms with van der Waals surface area (Å²) in [5.74, 6) is 0.0966. The quantitative estimate of drug-likeness (QED) is 0.270. The van der Waals surface area contributed by atoms with Crippen LogP contribution in [0.5, 0.6) is 5.75 Å². The molecule has 0 fully saturated rings. The van der Waals surface area contributed by atoms with Gasteiger partial charge in [0.15, 0.2) is 5.11 Å². The van der Waals surface area contributed by atoms with E-state index in [0.29, 0.717) is 41.0 Å². The van der Waals surface area contributed by atoms with Gasteiger partial charge in [-0.3, -0.25) is 0 Å². The predicted molar refractivity (Wildman–Crippen MR) is 138 cm³/mol. The molecule has 0 aliphatic carbocycles. The van der Waals surface area contributed by atoms with Gasteiger partial charge in [-0.25, -0.2) is 9.59 Å². The number of hydrogen-bond acceptors (Lipinski definition) is 6. The van der Waals surface area contributed by atoms with E-state index in [1.807, 2.05) is 30.9 Å². The van der Waals surface area contributed by atoms with E-state index in [9.17, 15) is 9.59 Å². The number of ether oxygens (including phenoxy) is 3. The van der Waals surface area contributed by atoms with Gasteiger partial charge in [-0.2, -0.15) is 0 Å². The molecule has 2 aromatic rings. The molecule has 10 heteroatoms. The molecule has 2 aromatic carbocycles. The van der Waals surface area contributed by atoms with Crippen LogP contribution in [0, 0.1) is 0 Å². The fourth-order valence-electron chi connectivity index (χ4n) is 3.80. The van der Waals surface area contributed by atoms with Crippen molar-refractivity contribution < 1.29 is 23.8 Å². The maximum absolute atomic E-state index is 13.0. The van der Waals surface area contributed by atoms with E-state index in [1.54, 1.807) is 43.5 Å². The van der Waals surface area contributed by atoms with Gasteiger partial charge in [0.05, 0.1) is 31.0 Å². The monoisotopic (exact) mass is 498 g/mol. The van der Waals surface area contributed by atoms with Gasteiger partial charge < -0.3 is 35.1 Å². The summed E-state index contributed by atoms with van der Waals surface area (Å²) in [7, 11) is 3.08. The molecule has 0 unspecified atom stereocenters. The van der Waals surface area contributed by atoms with Gasteiger partial charge in [-0.1, -0.05) is 24.3 Å². The SMILES string of the molecule is CCN1C(=S)N[C@@H](c2cccc(NC(=O)Nc3ccccc3OC)c2)C(C(=O)OCCOC)=C1C. The number of thiocarbonyl (C=S) groups is 1. The number of methoxy groups -OCH3 is 2. The zero-order valence-corrected chi connectivity index (χ0v) is 21.0. The Morgan fingerprint density at radius 2 is 1.86 bits per heavy atom. The topological polar surface area (TPSA) is 101 Å². The molecule has 1 aliphatic rings. The Labute approximate surface area is 210 Å². The Balaban J connectivity index is 1.85. The summed E-state index contributed by atoms with van der Waals surface area (Å²) in [5.41, 5.74) is 3.01. The van der Waals surface area contributed by atoms with E-state index < -0.39 is 18.0 Å². The van der Waals surface area contributed by atoms with Crippen LogP contribution in [0.15, 0.2) is 59.8 Å². The van der Waals surface area contributed by atoms with Crippen molar-refractivity contribution in [2.45, 2.75) is 19.9 Å². The van der Waals surface area contributed by atoms with Gasteiger partial charge >= 0.3 is 12.0 Å². The van der Waals surface area contributed by atoms with Crippen LogP contribution in [0.25, 0.3) is 0 Å². The number of para-hydroxylation sites is 2. The molecule has 3 N–H and O–H groups in total. The van der Waals surface area contributed by atoms with Crippen molar-refractivity contribution in [2.24, 2.45) is 0 Å². The number of rotatable bonds is 9. The van der Waals surface area contributed by atoms with Crippen LogP contribution in [0.3, 0.4) is 0 Å². The average molecular weight is 499 g/mol. The minimum Gasteiger partial charge on any atom is -0.495 e. The maximum Gasteiger partial charge on any atom is 0.338 e. The summed E-state index contributed by atoms with van der Waals surface area (Å²) in [4.78, 5) is 27.5. The number of nitrogens with one attached hydrogen (secondary N) is 3. The van der Waals surface area contributed by atoms with Crippen molar-refractivity contribution in [3.8, 4) is 5.75 Å². The summed E-state index contributed by atoms with van der Waals surface area (Å²) in [6.07, 6.45) is 0. The van der Waals surface area contributed by atoms with Crippen LogP contribution in [0.4, 0.5) is 16.2 Å². The van der Waals surface area contributed by atoms with Crippen molar-refractivity contribution >= 4 is 40.7 Å². The molecule has 1 atom stereocenters. The third-order valence-electron chi connectivity index (χ3n) is 5.49. The average Bonchev–Trinajstić information content (AvgIpc) is 2.84. The Hall–Kier alpha value is -3.63. The van der Waals surface area contributed by atoms with E-state index in [4.69, 9.17) is 26.4 Å². The predicted octanol–water partition coefficient (Wildman–Crippen LogP) is 4.05. The number of amides is 2. The Morgan fingerprint density at radius 1 is 1.09 bits per heavy atom. The van der Waals surface area contributed by atoms with Gasteiger partial charge in [0.25, 0.3) is 0 Å². The normalized spacial score (nSPS) is 15.4. The third-order valence-corrected chi connectivity index (χ3v) is 5.82. The van der Waals surface area contributed by atoms with Crippen LogP contribution in [0.1, 0.15) is 25.5 Å². The molecule has 1 heterocycles. The summed E-state index contributed by atoms with van der Waals surface area (Å²) in [5, 5.41) is 9.36. The van der Waals surface area contributed by atoms with Crippen LogP contribution in [-0.4, -0.2) is 56.0 Å². The molecule has 0 saturated heterocycles. The van der Waals surface area contributed by atoms with Crippen LogP contribution in [0.2, 0.25) is 0 Å². The number of carbonyl (C=O) groups excluding carboxylic acids is 2. The molecule has 0 aromatic heterocycles. The molecule has 35 heavy (non-hydrogen) atoms. The van der Waals surface area contributed by atoms with E-state index in [-0.39, 0.29) is 6.61 Å². The lowest BCUT2D eigenvalue weighted by Gasteiger charge is -2.37. The van der Waals surface area contributed by atoms with Crippen LogP contribution in [-0.2, 0) is 14.3 Å². The van der Waals surface area contributed by atoms with Crippen molar-refractivity contribution in [1.29, 1.82) is 0 Å². The summed E-state index contributed by atoms with van der Waals surface area (Å²) < 4.78 is 15.7. The van der Waals surface area contributed by atoms with Crippen molar-refractivity contribution in [3.05, 3.63) is 65.4 Å². The number of esters is 1. The van der Waals surface area contributed by atoms with E-state index in [1.165, 1.54) is 7.11 Å². The van der Waals surface area contributed by atoms with Gasteiger partial charge in [0.1, 0.15) is 12.4 Å². The van der Waals surface area contributed by atoms with Gasteiger partial charge in [-0.05, 0) is 55.9 Å². The Kier molecular flexibility index (Phi) is 9.04. The fourth-order valence-corrected chi connectivity index (χ4v) is 4.18. The van der Waals surface area contributed by atoms with E-state index in [2.05, 4.69) is 16.0 Å². The van der Waals surface area contributed by atoms with Gasteiger partial charge in [-0.15, -0.1) is 0 Å². The van der Waals surface area contributed by atoms with Gasteiger partial charge in [0, 0.05) is 25.0 Å². The second-order valence-electron chi connectivity index (χ2n) is 7.66. The highest BCUT2D eigenvalue weighted by atomic mass is 32.1. The third kappa shape index (κ3) is 6.28. The highest BCUT2D eigenvalue weighted by molar-refractivity contribution is 7.80. The molecule has 0 bridgehead atoms. The molecule has 2 amide bonds. The second kappa shape index (κ2) is 12.2. The zero-order chi connectivity index (χ0) is 25.4. The lowest BCUT2D eigenvalue weighted by molar-refractivity contribution is -0.140. The second-order valence-corrected chi connectivity index (χ2v) is 8.05. The maximum atomic E-state index is 13.0. The summed E-state index contributed by atoms with van der Waals surface area (Å²) in [6.45, 7) is 4.84. The molecule has 0 saturated carbocycles. The molecular formula is C25H30N4O5S. The number of anilines is 2. The first-order chi connectivity index (χ1) is 16.9. The first-order valence-corrected chi connectivity index (χ1v) is 11.6. The number of urea groups is 1. The largest absolute Gasteiger partial charge is 0.495 e. The summed E-state index contributed by atoms with van der Waals surface area (Å²) >= 11 is 5.54. The molecule has 3 rings (SSSR count). The molecule has 1 aliphatic heterocycles. The number of carbonyl (C=O) groups is 2.